The fraction of sp³-hybridized carbons (Fsp3) is 0.211. The Kier molecular flexibility index (Phi) is 3.72. The molecule has 1 atom stereocenters. The van der Waals surface area contributed by atoms with E-state index >= 15 is 0 Å². The molecule has 1 aliphatic heterocycles. The van der Waals surface area contributed by atoms with E-state index in [1.165, 1.54) is 0 Å². The number of para-hydroxylation sites is 1. The van der Waals surface area contributed by atoms with Crippen molar-refractivity contribution in [3.05, 3.63) is 64.4 Å². The molecule has 0 aliphatic carbocycles. The summed E-state index contributed by atoms with van der Waals surface area (Å²) in [5, 5.41) is 3.61. The van der Waals surface area contributed by atoms with Crippen molar-refractivity contribution in [1.82, 2.24) is 9.97 Å². The Balaban J connectivity index is 1.57. The highest BCUT2D eigenvalue weighted by Crippen LogP contribution is 2.23. The molecular weight excluding hydrogens is 316 g/mol. The van der Waals surface area contributed by atoms with Gasteiger partial charge in [-0.15, -0.1) is 0 Å². The largest absolute Gasteiger partial charge is 0.344 e. The molecule has 0 saturated carbocycles. The maximum atomic E-state index is 12.7. The predicted octanol–water partition coefficient (Wildman–Crippen LogP) is 2.45. The topological polar surface area (TPSA) is 78.1 Å². The number of H-pyrrole nitrogens is 1. The molecule has 25 heavy (non-hydrogen) atoms. The minimum Gasteiger partial charge on any atom is -0.344 e. The fourth-order valence-electron chi connectivity index (χ4n) is 3.11. The minimum absolute atomic E-state index is 0.0142. The molecule has 6 nitrogen and oxygen atoms in total. The SMILES string of the molecule is Cc1ccc(N2CCC(Nc3nc4ccccc4c(=O)[nH]3)C2=O)cc1. The fourth-order valence-corrected chi connectivity index (χ4v) is 3.11. The summed E-state index contributed by atoms with van der Waals surface area (Å²) in [6, 6.07) is 14.6. The number of aromatic amines is 1. The number of hydrogen-bond acceptors (Lipinski definition) is 4. The number of amides is 1. The van der Waals surface area contributed by atoms with Crippen LogP contribution in [0.3, 0.4) is 0 Å². The molecule has 1 fully saturated rings. The van der Waals surface area contributed by atoms with Crippen molar-refractivity contribution in [2.45, 2.75) is 19.4 Å². The zero-order chi connectivity index (χ0) is 17.4. The normalized spacial score (nSPS) is 17.2. The molecule has 1 aliphatic rings. The van der Waals surface area contributed by atoms with Crippen molar-refractivity contribution in [3.8, 4) is 0 Å². The van der Waals surface area contributed by atoms with Crippen LogP contribution < -0.4 is 15.8 Å². The van der Waals surface area contributed by atoms with Crippen molar-refractivity contribution in [1.29, 1.82) is 0 Å². The Hall–Kier alpha value is -3.15. The van der Waals surface area contributed by atoms with Crippen LogP contribution in [0.2, 0.25) is 0 Å². The second-order valence-corrected chi connectivity index (χ2v) is 6.24. The van der Waals surface area contributed by atoms with E-state index in [1.54, 1.807) is 23.1 Å². The van der Waals surface area contributed by atoms with Gasteiger partial charge in [0, 0.05) is 12.2 Å². The Morgan fingerprint density at radius 3 is 2.68 bits per heavy atom. The van der Waals surface area contributed by atoms with E-state index in [-0.39, 0.29) is 11.5 Å². The molecule has 4 rings (SSSR count). The number of nitrogens with zero attached hydrogens (tertiary/aromatic N) is 2. The third-order valence-corrected chi connectivity index (χ3v) is 4.47. The monoisotopic (exact) mass is 334 g/mol. The highest BCUT2D eigenvalue weighted by atomic mass is 16.2. The van der Waals surface area contributed by atoms with Gasteiger partial charge in [0.15, 0.2) is 0 Å². The Morgan fingerprint density at radius 1 is 1.12 bits per heavy atom. The molecule has 1 amide bonds. The number of aryl methyl sites for hydroxylation is 1. The van der Waals surface area contributed by atoms with E-state index in [2.05, 4.69) is 15.3 Å². The van der Waals surface area contributed by atoms with Gasteiger partial charge < -0.3 is 10.2 Å². The van der Waals surface area contributed by atoms with Crippen LogP contribution in [0.1, 0.15) is 12.0 Å². The molecule has 2 aromatic carbocycles. The summed E-state index contributed by atoms with van der Waals surface area (Å²) in [6.07, 6.45) is 0.656. The molecule has 0 radical (unpaired) electrons. The van der Waals surface area contributed by atoms with Gasteiger partial charge in [-0.3, -0.25) is 14.6 Å². The quantitative estimate of drug-likeness (QED) is 0.771. The lowest BCUT2D eigenvalue weighted by molar-refractivity contribution is -0.117. The first kappa shape index (κ1) is 15.4. The average molecular weight is 334 g/mol. The number of carbonyl (C=O) groups is 1. The number of anilines is 2. The second-order valence-electron chi connectivity index (χ2n) is 6.24. The first-order valence-electron chi connectivity index (χ1n) is 8.25. The van der Waals surface area contributed by atoms with Gasteiger partial charge >= 0.3 is 0 Å². The number of nitrogens with one attached hydrogen (secondary N) is 2. The lowest BCUT2D eigenvalue weighted by atomic mass is 10.2. The summed E-state index contributed by atoms with van der Waals surface area (Å²) >= 11 is 0. The lowest BCUT2D eigenvalue weighted by Gasteiger charge is -2.17. The number of rotatable bonds is 3. The summed E-state index contributed by atoms with van der Waals surface area (Å²) in [7, 11) is 0. The van der Waals surface area contributed by atoms with Crippen molar-refractivity contribution in [2.24, 2.45) is 0 Å². The minimum atomic E-state index is -0.398. The molecule has 0 bridgehead atoms. The van der Waals surface area contributed by atoms with Gasteiger partial charge in [-0.2, -0.15) is 0 Å². The van der Waals surface area contributed by atoms with Crippen molar-refractivity contribution < 1.29 is 4.79 Å². The van der Waals surface area contributed by atoms with Crippen molar-refractivity contribution in [3.63, 3.8) is 0 Å². The third kappa shape index (κ3) is 2.87. The predicted molar refractivity (Wildman–Crippen MR) is 97.9 cm³/mol. The first-order chi connectivity index (χ1) is 12.1. The van der Waals surface area contributed by atoms with Crippen LogP contribution in [0.5, 0.6) is 0 Å². The Bertz CT molecular complexity index is 994. The first-order valence-corrected chi connectivity index (χ1v) is 8.25. The molecule has 6 heteroatoms. The standard InChI is InChI=1S/C19H18N4O2/c1-12-6-8-13(9-7-12)23-11-10-16(18(23)25)21-19-20-15-5-3-2-4-14(15)17(24)22-19/h2-9,16H,10-11H2,1H3,(H2,20,21,22,24). The van der Waals surface area contributed by atoms with E-state index in [0.29, 0.717) is 29.8 Å². The summed E-state index contributed by atoms with van der Waals surface area (Å²) in [5.41, 5.74) is 2.44. The van der Waals surface area contributed by atoms with Gasteiger partial charge in [-0.1, -0.05) is 29.8 Å². The van der Waals surface area contributed by atoms with Gasteiger partial charge in [0.1, 0.15) is 6.04 Å². The lowest BCUT2D eigenvalue weighted by Crippen LogP contribution is -2.34. The maximum Gasteiger partial charge on any atom is 0.260 e. The number of carbonyl (C=O) groups excluding carboxylic acids is 1. The second kappa shape index (κ2) is 6.05. The van der Waals surface area contributed by atoms with Crippen LogP contribution in [-0.4, -0.2) is 28.5 Å². The summed E-state index contributed by atoms with van der Waals surface area (Å²) in [4.78, 5) is 33.7. The van der Waals surface area contributed by atoms with Gasteiger partial charge in [0.05, 0.1) is 10.9 Å². The average Bonchev–Trinajstić information content (AvgIpc) is 2.96. The van der Waals surface area contributed by atoms with Gasteiger partial charge in [-0.25, -0.2) is 4.98 Å². The smallest absolute Gasteiger partial charge is 0.260 e. The van der Waals surface area contributed by atoms with Crippen molar-refractivity contribution >= 4 is 28.4 Å². The number of aromatic nitrogens is 2. The van der Waals surface area contributed by atoms with Crippen molar-refractivity contribution in [2.75, 3.05) is 16.8 Å². The molecule has 1 aromatic heterocycles. The molecule has 2 N–H and O–H groups in total. The summed E-state index contributed by atoms with van der Waals surface area (Å²) in [6.45, 7) is 2.65. The summed E-state index contributed by atoms with van der Waals surface area (Å²) < 4.78 is 0. The van der Waals surface area contributed by atoms with Gasteiger partial charge in [-0.05, 0) is 37.6 Å². The number of fused-ring (bicyclic) bond motifs is 1. The molecule has 0 spiro atoms. The van der Waals surface area contributed by atoms with Crippen LogP contribution >= 0.6 is 0 Å². The van der Waals surface area contributed by atoms with Crippen LogP contribution in [0.25, 0.3) is 10.9 Å². The van der Waals surface area contributed by atoms with Gasteiger partial charge in [0.2, 0.25) is 11.9 Å². The molecule has 1 saturated heterocycles. The molecule has 126 valence electrons. The molecule has 3 aromatic rings. The third-order valence-electron chi connectivity index (χ3n) is 4.47. The van der Waals surface area contributed by atoms with Crippen LogP contribution in [0, 0.1) is 6.92 Å². The van der Waals surface area contributed by atoms with E-state index < -0.39 is 6.04 Å². The van der Waals surface area contributed by atoms with Crippen LogP contribution in [0.15, 0.2) is 53.3 Å². The van der Waals surface area contributed by atoms with Crippen LogP contribution in [-0.2, 0) is 4.79 Å². The van der Waals surface area contributed by atoms with E-state index in [1.807, 2.05) is 37.3 Å². The Labute approximate surface area is 144 Å². The zero-order valence-corrected chi connectivity index (χ0v) is 13.8. The van der Waals surface area contributed by atoms with Gasteiger partial charge in [0.25, 0.3) is 5.56 Å². The van der Waals surface area contributed by atoms with Crippen LogP contribution in [0.4, 0.5) is 11.6 Å². The Morgan fingerprint density at radius 2 is 1.88 bits per heavy atom. The molecular formula is C19H18N4O2. The van der Waals surface area contributed by atoms with E-state index in [9.17, 15) is 9.59 Å². The van der Waals surface area contributed by atoms with E-state index in [0.717, 1.165) is 11.3 Å². The number of hydrogen-bond donors (Lipinski definition) is 2. The summed E-state index contributed by atoms with van der Waals surface area (Å²) in [5.74, 6) is 0.312. The highest BCUT2D eigenvalue weighted by molar-refractivity contribution is 6.00. The highest BCUT2D eigenvalue weighted by Gasteiger charge is 2.32. The maximum absolute atomic E-state index is 12.7. The molecule has 1 unspecified atom stereocenters. The van der Waals surface area contributed by atoms with E-state index in [4.69, 9.17) is 0 Å². The zero-order valence-electron chi connectivity index (χ0n) is 13.8. The number of benzene rings is 2. The molecule has 2 heterocycles.